The van der Waals surface area contributed by atoms with Crippen LogP contribution in [0.1, 0.15) is 42.6 Å². The molecule has 3 aliphatic rings. The van der Waals surface area contributed by atoms with E-state index in [1.54, 1.807) is 6.07 Å². The number of H-pyrrole nitrogens is 1. The standard InChI is InChI=1S/C18H20N4O3/c23-16-11-7-12(19-8-13(11)20-10-21-16)17(24)22-9-18(4-2-5-18)15(22)14-3-1-6-25-14/h7-8,10,14-15H,1-6,9H2,(H,20,21,23). The number of carbonyl (C=O) groups excluding carboxylic acids is 1. The number of likely N-dealkylation sites (tertiary alicyclic amines) is 1. The molecular formula is C18H20N4O3. The number of nitrogens with zero attached hydrogens (tertiary/aromatic N) is 3. The van der Waals surface area contributed by atoms with Gasteiger partial charge in [-0.25, -0.2) is 9.97 Å². The number of ether oxygens (including phenoxy) is 1. The van der Waals surface area contributed by atoms with Crippen LogP contribution in [0.2, 0.25) is 0 Å². The van der Waals surface area contributed by atoms with Gasteiger partial charge in [-0.05, 0) is 31.7 Å². The quantitative estimate of drug-likeness (QED) is 0.895. The Morgan fingerprint density at radius 3 is 2.92 bits per heavy atom. The molecule has 0 bridgehead atoms. The first kappa shape index (κ1) is 15.0. The number of hydrogen-bond acceptors (Lipinski definition) is 5. The van der Waals surface area contributed by atoms with Gasteiger partial charge in [0.05, 0.1) is 35.6 Å². The molecule has 130 valence electrons. The predicted molar refractivity (Wildman–Crippen MR) is 90.2 cm³/mol. The molecular weight excluding hydrogens is 320 g/mol. The predicted octanol–water partition coefficient (Wildman–Crippen LogP) is 1.49. The van der Waals surface area contributed by atoms with Crippen molar-refractivity contribution in [1.29, 1.82) is 0 Å². The van der Waals surface area contributed by atoms with Crippen LogP contribution in [-0.2, 0) is 4.74 Å². The summed E-state index contributed by atoms with van der Waals surface area (Å²) in [6, 6.07) is 1.71. The second kappa shape index (κ2) is 5.36. The van der Waals surface area contributed by atoms with Gasteiger partial charge in [-0.1, -0.05) is 6.42 Å². The number of fused-ring (bicyclic) bond motifs is 1. The van der Waals surface area contributed by atoms with Crippen LogP contribution in [-0.4, -0.2) is 51.1 Å². The Labute approximate surface area is 144 Å². The number of rotatable bonds is 2. The van der Waals surface area contributed by atoms with Gasteiger partial charge >= 0.3 is 0 Å². The Morgan fingerprint density at radius 2 is 2.20 bits per heavy atom. The molecule has 4 heterocycles. The van der Waals surface area contributed by atoms with E-state index in [0.29, 0.717) is 16.6 Å². The molecule has 2 saturated heterocycles. The Kier molecular flexibility index (Phi) is 3.22. The van der Waals surface area contributed by atoms with E-state index >= 15 is 0 Å². The monoisotopic (exact) mass is 340 g/mol. The Balaban J connectivity index is 1.47. The normalized spacial score (nSPS) is 27.3. The van der Waals surface area contributed by atoms with Gasteiger partial charge in [-0.3, -0.25) is 9.59 Å². The zero-order valence-electron chi connectivity index (χ0n) is 13.9. The topological polar surface area (TPSA) is 88.2 Å². The molecule has 1 spiro atoms. The van der Waals surface area contributed by atoms with Gasteiger partial charge in [-0.2, -0.15) is 0 Å². The zero-order valence-corrected chi connectivity index (χ0v) is 13.9. The van der Waals surface area contributed by atoms with Gasteiger partial charge in [0, 0.05) is 18.6 Å². The maximum absolute atomic E-state index is 13.1. The van der Waals surface area contributed by atoms with Crippen LogP contribution in [0.25, 0.3) is 10.9 Å². The molecule has 0 radical (unpaired) electrons. The molecule has 3 fully saturated rings. The van der Waals surface area contributed by atoms with Gasteiger partial charge in [0.15, 0.2) is 0 Å². The second-order valence-corrected chi connectivity index (χ2v) is 7.46. The molecule has 5 rings (SSSR count). The minimum absolute atomic E-state index is 0.108. The summed E-state index contributed by atoms with van der Waals surface area (Å²) in [6.07, 6.45) is 8.66. The molecule has 2 aromatic heterocycles. The van der Waals surface area contributed by atoms with E-state index in [0.717, 1.165) is 26.0 Å². The third-order valence-electron chi connectivity index (χ3n) is 6.12. The lowest BCUT2D eigenvalue weighted by molar-refractivity contribution is -0.150. The third-order valence-corrected chi connectivity index (χ3v) is 6.12. The highest BCUT2D eigenvalue weighted by Gasteiger charge is 2.60. The Hall–Kier alpha value is -2.28. The van der Waals surface area contributed by atoms with Gasteiger partial charge in [0.1, 0.15) is 5.69 Å². The minimum atomic E-state index is -0.254. The van der Waals surface area contributed by atoms with Gasteiger partial charge < -0.3 is 14.6 Å². The fraction of sp³-hybridized carbons (Fsp3) is 0.556. The fourth-order valence-corrected chi connectivity index (χ4v) is 4.71. The average Bonchev–Trinajstić information content (AvgIpc) is 3.06. The molecule has 2 aliphatic heterocycles. The van der Waals surface area contributed by atoms with Crippen molar-refractivity contribution >= 4 is 16.8 Å². The highest BCUT2D eigenvalue weighted by atomic mass is 16.5. The van der Waals surface area contributed by atoms with Crippen LogP contribution >= 0.6 is 0 Å². The molecule has 1 N–H and O–H groups in total. The van der Waals surface area contributed by atoms with Crippen molar-refractivity contribution in [3.05, 3.63) is 34.6 Å². The van der Waals surface area contributed by atoms with E-state index in [9.17, 15) is 9.59 Å². The molecule has 7 heteroatoms. The van der Waals surface area contributed by atoms with E-state index in [2.05, 4.69) is 15.0 Å². The van der Waals surface area contributed by atoms with Crippen molar-refractivity contribution in [2.75, 3.05) is 13.2 Å². The van der Waals surface area contributed by atoms with Crippen molar-refractivity contribution in [2.24, 2.45) is 5.41 Å². The molecule has 2 aromatic rings. The SMILES string of the molecule is O=C(c1cc2c(=O)[nH]cnc2cn1)N1CC2(CCC2)C1C1CCCO1. The van der Waals surface area contributed by atoms with Crippen molar-refractivity contribution in [1.82, 2.24) is 19.9 Å². The van der Waals surface area contributed by atoms with E-state index in [-0.39, 0.29) is 29.0 Å². The van der Waals surface area contributed by atoms with Crippen LogP contribution in [0.15, 0.2) is 23.4 Å². The molecule has 1 saturated carbocycles. The number of carbonyl (C=O) groups is 1. The summed E-state index contributed by atoms with van der Waals surface area (Å²) in [4.78, 5) is 37.8. The lowest BCUT2D eigenvalue weighted by atomic mass is 9.56. The van der Waals surface area contributed by atoms with Crippen LogP contribution in [0.4, 0.5) is 0 Å². The first-order valence-electron chi connectivity index (χ1n) is 8.94. The molecule has 7 nitrogen and oxygen atoms in total. The molecule has 25 heavy (non-hydrogen) atoms. The summed E-state index contributed by atoms with van der Waals surface area (Å²) >= 11 is 0. The summed E-state index contributed by atoms with van der Waals surface area (Å²) in [5.41, 5.74) is 0.801. The maximum atomic E-state index is 13.1. The highest BCUT2D eigenvalue weighted by molar-refractivity contribution is 5.96. The first-order chi connectivity index (χ1) is 12.2. The van der Waals surface area contributed by atoms with Crippen LogP contribution in [0, 0.1) is 5.41 Å². The molecule has 0 aromatic carbocycles. The lowest BCUT2D eigenvalue weighted by Crippen LogP contribution is -2.72. The smallest absolute Gasteiger partial charge is 0.272 e. The maximum Gasteiger partial charge on any atom is 0.272 e. The Bertz CT molecular complexity index is 899. The molecule has 1 aliphatic carbocycles. The zero-order chi connectivity index (χ0) is 17.0. The van der Waals surface area contributed by atoms with Crippen molar-refractivity contribution in [3.8, 4) is 0 Å². The molecule has 1 amide bonds. The van der Waals surface area contributed by atoms with Crippen LogP contribution in [0.3, 0.4) is 0 Å². The largest absolute Gasteiger partial charge is 0.376 e. The molecule has 2 unspecified atom stereocenters. The second-order valence-electron chi connectivity index (χ2n) is 7.46. The summed E-state index contributed by atoms with van der Waals surface area (Å²) < 4.78 is 5.91. The third kappa shape index (κ3) is 2.15. The first-order valence-corrected chi connectivity index (χ1v) is 8.94. The van der Waals surface area contributed by atoms with Crippen LogP contribution in [0.5, 0.6) is 0 Å². The number of aromatic nitrogens is 3. The van der Waals surface area contributed by atoms with Gasteiger partial charge in [0.25, 0.3) is 11.5 Å². The summed E-state index contributed by atoms with van der Waals surface area (Å²) in [7, 11) is 0. The average molecular weight is 340 g/mol. The number of hydrogen-bond donors (Lipinski definition) is 1. The summed E-state index contributed by atoms with van der Waals surface area (Å²) in [5, 5.41) is 0.397. The van der Waals surface area contributed by atoms with E-state index in [4.69, 9.17) is 4.74 Å². The van der Waals surface area contributed by atoms with Gasteiger partial charge in [-0.15, -0.1) is 0 Å². The highest BCUT2D eigenvalue weighted by Crippen LogP contribution is 2.55. The van der Waals surface area contributed by atoms with Gasteiger partial charge in [0.2, 0.25) is 0 Å². The Morgan fingerprint density at radius 1 is 1.32 bits per heavy atom. The number of nitrogens with one attached hydrogen (secondary N) is 1. The van der Waals surface area contributed by atoms with Crippen molar-refractivity contribution < 1.29 is 9.53 Å². The number of pyridine rings is 1. The minimum Gasteiger partial charge on any atom is -0.376 e. The molecule has 2 atom stereocenters. The summed E-state index contributed by atoms with van der Waals surface area (Å²) in [5.74, 6) is -0.108. The van der Waals surface area contributed by atoms with E-state index in [1.165, 1.54) is 31.8 Å². The van der Waals surface area contributed by atoms with Crippen molar-refractivity contribution in [2.45, 2.75) is 44.2 Å². The number of amides is 1. The van der Waals surface area contributed by atoms with E-state index in [1.807, 2.05) is 4.90 Å². The van der Waals surface area contributed by atoms with Crippen LogP contribution < -0.4 is 5.56 Å². The van der Waals surface area contributed by atoms with E-state index < -0.39 is 0 Å². The number of aromatic amines is 1. The fourth-order valence-electron chi connectivity index (χ4n) is 4.71. The van der Waals surface area contributed by atoms with Crippen molar-refractivity contribution in [3.63, 3.8) is 0 Å². The lowest BCUT2D eigenvalue weighted by Gasteiger charge is -2.63. The summed E-state index contributed by atoms with van der Waals surface area (Å²) in [6.45, 7) is 1.56.